The van der Waals surface area contributed by atoms with Gasteiger partial charge in [-0.3, -0.25) is 9.78 Å². The zero-order chi connectivity index (χ0) is 14.0. The number of hydrogen-bond donors (Lipinski definition) is 0. The van der Waals surface area contributed by atoms with E-state index in [-0.39, 0.29) is 5.78 Å². The van der Waals surface area contributed by atoms with Gasteiger partial charge in [-0.2, -0.15) is 0 Å². The molecule has 0 saturated heterocycles. The Morgan fingerprint density at radius 3 is 2.63 bits per heavy atom. The quantitative estimate of drug-likeness (QED) is 0.746. The van der Waals surface area contributed by atoms with Crippen molar-refractivity contribution in [2.75, 3.05) is 7.11 Å². The summed E-state index contributed by atoms with van der Waals surface area (Å²) in [6.07, 6.45) is 1.60. The van der Waals surface area contributed by atoms with Crippen molar-refractivity contribution >= 4 is 37.6 Å². The average Bonchev–Trinajstić information content (AvgIpc) is 2.38. The van der Waals surface area contributed by atoms with Crippen molar-refractivity contribution in [2.45, 2.75) is 6.92 Å². The van der Waals surface area contributed by atoms with Crippen LogP contribution in [0.4, 0.5) is 0 Å². The van der Waals surface area contributed by atoms with E-state index < -0.39 is 0 Å². The summed E-state index contributed by atoms with van der Waals surface area (Å²) in [4.78, 5) is 16.7. The Kier molecular flexibility index (Phi) is 4.37. The molecule has 2 rings (SSSR count). The van der Waals surface area contributed by atoms with Crippen LogP contribution in [0.2, 0.25) is 0 Å². The maximum Gasteiger partial charge on any atom is 0.216 e. The van der Waals surface area contributed by atoms with E-state index >= 15 is 0 Å². The highest BCUT2D eigenvalue weighted by molar-refractivity contribution is 9.11. The molecule has 0 fully saturated rings. The minimum atomic E-state index is -0.167. The van der Waals surface area contributed by atoms with Gasteiger partial charge < -0.3 is 4.74 Å². The first-order chi connectivity index (χ1) is 9.02. The van der Waals surface area contributed by atoms with Crippen LogP contribution in [0, 0.1) is 6.92 Å². The Hall–Kier alpha value is -1.20. The van der Waals surface area contributed by atoms with E-state index in [1.807, 2.05) is 13.0 Å². The second-order valence-corrected chi connectivity index (χ2v) is 5.79. The number of hydrogen-bond acceptors (Lipinski definition) is 3. The van der Waals surface area contributed by atoms with Gasteiger partial charge in [0.2, 0.25) is 5.78 Å². The number of methoxy groups -OCH3 is 1. The van der Waals surface area contributed by atoms with Crippen LogP contribution in [-0.4, -0.2) is 17.9 Å². The first kappa shape index (κ1) is 14.2. The first-order valence-electron chi connectivity index (χ1n) is 5.53. The minimum Gasteiger partial charge on any atom is -0.496 e. The number of aromatic nitrogens is 1. The molecule has 19 heavy (non-hydrogen) atoms. The molecule has 2 aromatic rings. The zero-order valence-corrected chi connectivity index (χ0v) is 13.6. The van der Waals surface area contributed by atoms with Crippen LogP contribution in [0.25, 0.3) is 0 Å². The Morgan fingerprint density at radius 2 is 2.00 bits per heavy atom. The summed E-state index contributed by atoms with van der Waals surface area (Å²) in [5.74, 6) is 0.382. The smallest absolute Gasteiger partial charge is 0.216 e. The van der Waals surface area contributed by atoms with Crippen molar-refractivity contribution in [1.82, 2.24) is 4.98 Å². The van der Waals surface area contributed by atoms with Crippen molar-refractivity contribution in [3.8, 4) is 5.75 Å². The highest BCUT2D eigenvalue weighted by Gasteiger charge is 2.18. The maximum absolute atomic E-state index is 12.5. The van der Waals surface area contributed by atoms with Gasteiger partial charge in [-0.25, -0.2) is 0 Å². The molecule has 0 aliphatic heterocycles. The van der Waals surface area contributed by atoms with E-state index in [0.717, 1.165) is 10.0 Å². The lowest BCUT2D eigenvalue weighted by atomic mass is 10.0. The molecule has 0 spiro atoms. The molecule has 0 bridgehead atoms. The van der Waals surface area contributed by atoms with Gasteiger partial charge in [-0.1, -0.05) is 11.6 Å². The number of carbonyl (C=O) groups is 1. The van der Waals surface area contributed by atoms with Crippen molar-refractivity contribution in [2.24, 2.45) is 0 Å². The molecule has 0 amide bonds. The monoisotopic (exact) mass is 383 g/mol. The number of benzene rings is 1. The number of rotatable bonds is 3. The predicted octanol–water partition coefficient (Wildman–Crippen LogP) is 4.15. The molecule has 0 saturated carbocycles. The second kappa shape index (κ2) is 5.84. The molecule has 98 valence electrons. The van der Waals surface area contributed by atoms with E-state index in [4.69, 9.17) is 4.74 Å². The van der Waals surface area contributed by atoms with Gasteiger partial charge in [0, 0.05) is 15.1 Å². The van der Waals surface area contributed by atoms with Crippen LogP contribution in [0.3, 0.4) is 0 Å². The number of ether oxygens (including phenoxy) is 1. The van der Waals surface area contributed by atoms with Crippen molar-refractivity contribution in [3.63, 3.8) is 0 Å². The third kappa shape index (κ3) is 3.04. The van der Waals surface area contributed by atoms with Crippen LogP contribution in [0.1, 0.15) is 21.6 Å². The van der Waals surface area contributed by atoms with Crippen molar-refractivity contribution in [1.29, 1.82) is 0 Å². The fourth-order valence-corrected chi connectivity index (χ4v) is 2.88. The number of carbonyl (C=O) groups excluding carboxylic acids is 1. The van der Waals surface area contributed by atoms with Crippen LogP contribution < -0.4 is 4.74 Å². The van der Waals surface area contributed by atoms with Crippen LogP contribution in [-0.2, 0) is 0 Å². The summed E-state index contributed by atoms with van der Waals surface area (Å²) >= 11 is 6.67. The molecule has 3 nitrogen and oxygen atoms in total. The third-order valence-corrected chi connectivity index (χ3v) is 3.66. The summed E-state index contributed by atoms with van der Waals surface area (Å²) in [6, 6.07) is 7.29. The lowest BCUT2D eigenvalue weighted by Gasteiger charge is -2.09. The number of nitrogens with zero attached hydrogens (tertiary/aromatic N) is 1. The number of ketones is 1. The Morgan fingerprint density at radius 1 is 1.26 bits per heavy atom. The van der Waals surface area contributed by atoms with Gasteiger partial charge in [0.25, 0.3) is 0 Å². The molecule has 0 aliphatic carbocycles. The largest absolute Gasteiger partial charge is 0.496 e. The molecular formula is C14H11Br2NO2. The highest BCUT2D eigenvalue weighted by Crippen LogP contribution is 2.26. The summed E-state index contributed by atoms with van der Waals surface area (Å²) in [6.45, 7) is 1.93. The lowest BCUT2D eigenvalue weighted by Crippen LogP contribution is -2.07. The normalized spacial score (nSPS) is 10.3. The molecule has 1 aromatic heterocycles. The van der Waals surface area contributed by atoms with E-state index in [1.54, 1.807) is 31.5 Å². The Balaban J connectivity index is 2.52. The van der Waals surface area contributed by atoms with Crippen LogP contribution >= 0.6 is 31.9 Å². The van der Waals surface area contributed by atoms with E-state index in [0.29, 0.717) is 21.5 Å². The molecular weight excluding hydrogens is 374 g/mol. The molecule has 0 radical (unpaired) electrons. The van der Waals surface area contributed by atoms with Crippen molar-refractivity contribution in [3.05, 3.63) is 56.2 Å². The number of aryl methyl sites for hydroxylation is 1. The molecule has 0 atom stereocenters. The number of pyridine rings is 1. The fraction of sp³-hybridized carbons (Fsp3) is 0.143. The summed E-state index contributed by atoms with van der Waals surface area (Å²) < 4.78 is 6.69. The summed E-state index contributed by atoms with van der Waals surface area (Å²) in [5.41, 5.74) is 1.88. The fourth-order valence-electron chi connectivity index (χ4n) is 1.71. The topological polar surface area (TPSA) is 39.2 Å². The van der Waals surface area contributed by atoms with Gasteiger partial charge in [0.05, 0.1) is 12.7 Å². The van der Waals surface area contributed by atoms with Gasteiger partial charge in [-0.05, 0) is 57.0 Å². The predicted molar refractivity (Wildman–Crippen MR) is 80.8 cm³/mol. The van der Waals surface area contributed by atoms with Crippen LogP contribution in [0.15, 0.2) is 39.4 Å². The SMILES string of the molecule is COc1ccc(C)cc1C(=O)c1ncc(Br)cc1Br. The maximum atomic E-state index is 12.5. The summed E-state index contributed by atoms with van der Waals surface area (Å²) in [7, 11) is 1.55. The molecule has 0 N–H and O–H groups in total. The van der Waals surface area contributed by atoms with E-state index in [1.165, 1.54) is 0 Å². The van der Waals surface area contributed by atoms with E-state index in [9.17, 15) is 4.79 Å². The van der Waals surface area contributed by atoms with Gasteiger partial charge in [0.15, 0.2) is 0 Å². The molecule has 0 unspecified atom stereocenters. The van der Waals surface area contributed by atoms with Gasteiger partial charge in [-0.15, -0.1) is 0 Å². The second-order valence-electron chi connectivity index (χ2n) is 4.02. The summed E-state index contributed by atoms with van der Waals surface area (Å²) in [5, 5.41) is 0. The highest BCUT2D eigenvalue weighted by atomic mass is 79.9. The van der Waals surface area contributed by atoms with Crippen LogP contribution in [0.5, 0.6) is 5.75 Å². The Labute approximate surface area is 128 Å². The molecule has 1 aromatic carbocycles. The van der Waals surface area contributed by atoms with E-state index in [2.05, 4.69) is 36.8 Å². The zero-order valence-electron chi connectivity index (χ0n) is 10.4. The molecule has 5 heteroatoms. The molecule has 0 aliphatic rings. The lowest BCUT2D eigenvalue weighted by molar-refractivity contribution is 0.103. The van der Waals surface area contributed by atoms with Gasteiger partial charge >= 0.3 is 0 Å². The minimum absolute atomic E-state index is 0.167. The van der Waals surface area contributed by atoms with Crippen molar-refractivity contribution < 1.29 is 9.53 Å². The number of halogens is 2. The first-order valence-corrected chi connectivity index (χ1v) is 7.12. The standard InChI is InChI=1S/C14H11Br2NO2/c1-8-3-4-12(19-2)10(5-8)14(18)13-11(16)6-9(15)7-17-13/h3-7H,1-2H3. The Bertz CT molecular complexity index is 641. The van der Waals surface area contributed by atoms with Gasteiger partial charge in [0.1, 0.15) is 11.4 Å². The molecule has 1 heterocycles. The third-order valence-electron chi connectivity index (χ3n) is 2.62. The average molecular weight is 385 g/mol.